The highest BCUT2D eigenvalue weighted by atomic mass is 16.5. The molecule has 0 amide bonds. The quantitative estimate of drug-likeness (QED) is 0.907. The van der Waals surface area contributed by atoms with Crippen LogP contribution < -0.4 is 14.8 Å². The summed E-state index contributed by atoms with van der Waals surface area (Å²) in [5.74, 6) is 1.74. The SMILES string of the molecule is COc1cccc(CN2CCC3(CCNC3)C2)c1OC(C)C. The molecule has 2 saturated heterocycles. The summed E-state index contributed by atoms with van der Waals surface area (Å²) in [5, 5.41) is 3.52. The van der Waals surface area contributed by atoms with Gasteiger partial charge in [-0.25, -0.2) is 0 Å². The summed E-state index contributed by atoms with van der Waals surface area (Å²) >= 11 is 0. The lowest BCUT2D eigenvalue weighted by molar-refractivity contribution is 0.219. The fourth-order valence-corrected chi connectivity index (χ4v) is 3.76. The minimum Gasteiger partial charge on any atom is -0.493 e. The van der Waals surface area contributed by atoms with Crippen LogP contribution in [-0.4, -0.2) is 44.3 Å². The van der Waals surface area contributed by atoms with Crippen LogP contribution in [0.5, 0.6) is 11.5 Å². The number of hydrogen-bond donors (Lipinski definition) is 1. The van der Waals surface area contributed by atoms with E-state index in [9.17, 15) is 0 Å². The van der Waals surface area contributed by atoms with Crippen LogP contribution >= 0.6 is 0 Å². The Kier molecular flexibility index (Phi) is 4.59. The van der Waals surface area contributed by atoms with Gasteiger partial charge in [-0.3, -0.25) is 4.90 Å². The molecule has 2 fully saturated rings. The van der Waals surface area contributed by atoms with Crippen molar-refractivity contribution in [1.82, 2.24) is 10.2 Å². The van der Waals surface area contributed by atoms with Crippen molar-refractivity contribution in [3.8, 4) is 11.5 Å². The summed E-state index contributed by atoms with van der Waals surface area (Å²) in [6.45, 7) is 9.79. The average molecular weight is 304 g/mol. The van der Waals surface area contributed by atoms with E-state index in [1.807, 2.05) is 6.07 Å². The Morgan fingerprint density at radius 1 is 1.32 bits per heavy atom. The third kappa shape index (κ3) is 3.23. The van der Waals surface area contributed by atoms with Crippen LogP contribution in [0.2, 0.25) is 0 Å². The molecule has 1 aromatic carbocycles. The number of hydrogen-bond acceptors (Lipinski definition) is 4. The Hall–Kier alpha value is -1.26. The Morgan fingerprint density at radius 2 is 2.18 bits per heavy atom. The van der Waals surface area contributed by atoms with Gasteiger partial charge in [-0.15, -0.1) is 0 Å². The smallest absolute Gasteiger partial charge is 0.166 e. The highest BCUT2D eigenvalue weighted by molar-refractivity contribution is 5.46. The van der Waals surface area contributed by atoms with Crippen molar-refractivity contribution >= 4 is 0 Å². The monoisotopic (exact) mass is 304 g/mol. The molecule has 1 aromatic rings. The first-order valence-electron chi connectivity index (χ1n) is 8.37. The molecule has 0 bridgehead atoms. The predicted octanol–water partition coefficient (Wildman–Crippen LogP) is 2.67. The number of ether oxygens (including phenoxy) is 2. The van der Waals surface area contributed by atoms with Gasteiger partial charge in [-0.1, -0.05) is 12.1 Å². The van der Waals surface area contributed by atoms with Gasteiger partial charge >= 0.3 is 0 Å². The van der Waals surface area contributed by atoms with Crippen LogP contribution in [0.15, 0.2) is 18.2 Å². The lowest BCUT2D eigenvalue weighted by atomic mass is 9.86. The van der Waals surface area contributed by atoms with Crippen molar-refractivity contribution in [2.45, 2.75) is 39.3 Å². The summed E-state index contributed by atoms with van der Waals surface area (Å²) in [6.07, 6.45) is 2.78. The maximum Gasteiger partial charge on any atom is 0.166 e. The topological polar surface area (TPSA) is 33.7 Å². The molecule has 122 valence electrons. The molecule has 1 spiro atoms. The van der Waals surface area contributed by atoms with E-state index in [1.165, 1.54) is 44.6 Å². The average Bonchev–Trinajstić information content (AvgIpc) is 3.11. The first-order valence-corrected chi connectivity index (χ1v) is 8.37. The first-order chi connectivity index (χ1) is 10.6. The Morgan fingerprint density at radius 3 is 2.86 bits per heavy atom. The van der Waals surface area contributed by atoms with Crippen LogP contribution in [0.4, 0.5) is 0 Å². The van der Waals surface area contributed by atoms with Crippen LogP contribution in [0.25, 0.3) is 0 Å². The number of likely N-dealkylation sites (tertiary alicyclic amines) is 1. The zero-order valence-electron chi connectivity index (χ0n) is 14.0. The zero-order chi connectivity index (χ0) is 15.6. The number of nitrogens with zero attached hydrogens (tertiary/aromatic N) is 1. The second-order valence-corrected chi connectivity index (χ2v) is 7.00. The van der Waals surface area contributed by atoms with E-state index in [1.54, 1.807) is 7.11 Å². The normalized spacial score (nSPS) is 25.3. The molecule has 3 rings (SSSR count). The largest absolute Gasteiger partial charge is 0.493 e. The summed E-state index contributed by atoms with van der Waals surface area (Å²) < 4.78 is 11.5. The molecule has 0 saturated carbocycles. The summed E-state index contributed by atoms with van der Waals surface area (Å²) in [4.78, 5) is 2.56. The maximum absolute atomic E-state index is 6.03. The summed E-state index contributed by atoms with van der Waals surface area (Å²) in [7, 11) is 1.71. The van der Waals surface area contributed by atoms with E-state index in [0.29, 0.717) is 5.41 Å². The molecule has 22 heavy (non-hydrogen) atoms. The number of methoxy groups -OCH3 is 1. The molecule has 1 unspecified atom stereocenters. The van der Waals surface area contributed by atoms with Crippen molar-refractivity contribution in [1.29, 1.82) is 0 Å². The lowest BCUT2D eigenvalue weighted by Gasteiger charge is -2.24. The molecule has 0 aliphatic carbocycles. The van der Waals surface area contributed by atoms with Crippen molar-refractivity contribution in [2.24, 2.45) is 5.41 Å². The molecule has 2 aliphatic rings. The fraction of sp³-hybridized carbons (Fsp3) is 0.667. The van der Waals surface area contributed by atoms with Gasteiger partial charge < -0.3 is 14.8 Å². The van der Waals surface area contributed by atoms with Crippen LogP contribution in [0.3, 0.4) is 0 Å². The molecule has 1 N–H and O–H groups in total. The number of para-hydroxylation sites is 1. The number of nitrogens with one attached hydrogen (secondary N) is 1. The van der Waals surface area contributed by atoms with Gasteiger partial charge in [0.25, 0.3) is 0 Å². The van der Waals surface area contributed by atoms with Crippen molar-refractivity contribution in [3.05, 3.63) is 23.8 Å². The maximum atomic E-state index is 6.03. The Balaban J connectivity index is 1.74. The molecule has 0 radical (unpaired) electrons. The van der Waals surface area contributed by atoms with Crippen LogP contribution in [0.1, 0.15) is 32.3 Å². The molecule has 0 aromatic heterocycles. The van der Waals surface area contributed by atoms with Crippen LogP contribution in [0, 0.1) is 5.41 Å². The van der Waals surface area contributed by atoms with Gasteiger partial charge in [0.2, 0.25) is 0 Å². The minimum absolute atomic E-state index is 0.152. The molecule has 4 heteroatoms. The van der Waals surface area contributed by atoms with Gasteiger partial charge in [0.1, 0.15) is 0 Å². The summed E-state index contributed by atoms with van der Waals surface area (Å²) in [6, 6.07) is 6.20. The zero-order valence-corrected chi connectivity index (χ0v) is 14.0. The molecule has 2 heterocycles. The number of rotatable bonds is 5. The minimum atomic E-state index is 0.152. The van der Waals surface area contributed by atoms with E-state index < -0.39 is 0 Å². The second kappa shape index (κ2) is 6.47. The lowest BCUT2D eigenvalue weighted by Crippen LogP contribution is -2.29. The fourth-order valence-electron chi connectivity index (χ4n) is 3.76. The van der Waals surface area contributed by atoms with Gasteiger partial charge in [-0.2, -0.15) is 0 Å². The van der Waals surface area contributed by atoms with Crippen molar-refractivity contribution in [3.63, 3.8) is 0 Å². The highest BCUT2D eigenvalue weighted by Crippen LogP contribution is 2.38. The van der Waals surface area contributed by atoms with Gasteiger partial charge in [0, 0.05) is 25.2 Å². The van der Waals surface area contributed by atoms with E-state index in [0.717, 1.165) is 18.0 Å². The Labute approximate surface area is 133 Å². The third-order valence-corrected chi connectivity index (χ3v) is 4.88. The summed E-state index contributed by atoms with van der Waals surface area (Å²) in [5.41, 5.74) is 1.74. The predicted molar refractivity (Wildman–Crippen MR) is 88.6 cm³/mol. The van der Waals surface area contributed by atoms with Gasteiger partial charge in [0.15, 0.2) is 11.5 Å². The first kappa shape index (κ1) is 15.6. The van der Waals surface area contributed by atoms with Crippen molar-refractivity contribution in [2.75, 3.05) is 33.3 Å². The van der Waals surface area contributed by atoms with Gasteiger partial charge in [-0.05, 0) is 51.3 Å². The van der Waals surface area contributed by atoms with E-state index in [-0.39, 0.29) is 6.10 Å². The molecular weight excluding hydrogens is 276 g/mol. The van der Waals surface area contributed by atoms with E-state index in [4.69, 9.17) is 9.47 Å². The van der Waals surface area contributed by atoms with Crippen LogP contribution in [-0.2, 0) is 6.54 Å². The van der Waals surface area contributed by atoms with Gasteiger partial charge in [0.05, 0.1) is 13.2 Å². The third-order valence-electron chi connectivity index (χ3n) is 4.88. The highest BCUT2D eigenvalue weighted by Gasteiger charge is 2.40. The molecule has 1 atom stereocenters. The molecule has 2 aliphatic heterocycles. The molecule has 4 nitrogen and oxygen atoms in total. The second-order valence-electron chi connectivity index (χ2n) is 7.00. The van der Waals surface area contributed by atoms with E-state index >= 15 is 0 Å². The number of benzene rings is 1. The van der Waals surface area contributed by atoms with E-state index in [2.05, 4.69) is 36.2 Å². The Bertz CT molecular complexity index is 510. The standard InChI is InChI=1S/C18H28N2O2/c1-14(2)22-17-15(5-4-6-16(17)21-3)11-20-10-8-18(13-20)7-9-19-12-18/h4-6,14,19H,7-13H2,1-3H3. The van der Waals surface area contributed by atoms with Crippen molar-refractivity contribution < 1.29 is 9.47 Å². The molecular formula is C18H28N2O2.